The Morgan fingerprint density at radius 3 is 1.83 bits per heavy atom. The predicted molar refractivity (Wildman–Crippen MR) is 102 cm³/mol. The normalized spacial score (nSPS) is 10.9. The number of carbonyl (C=O) groups is 1. The highest BCUT2D eigenvalue weighted by molar-refractivity contribution is 5.95. The Kier molecular flexibility index (Phi) is 12.3. The van der Waals surface area contributed by atoms with E-state index >= 15 is 0 Å². The number of hydrogen-bond donors (Lipinski definition) is 0. The molecule has 0 atom stereocenters. The second-order valence-corrected chi connectivity index (χ2v) is 7.17. The first kappa shape index (κ1) is 20.9. The van der Waals surface area contributed by atoms with E-state index in [1.165, 1.54) is 77.0 Å². The molecule has 0 aliphatic heterocycles. The monoisotopic (exact) mass is 332 g/mol. The quantitative estimate of drug-likeness (QED) is 0.213. The van der Waals surface area contributed by atoms with Gasteiger partial charge < -0.3 is 0 Å². The summed E-state index contributed by atoms with van der Waals surface area (Å²) in [5.41, 5.74) is 0.846. The molecule has 0 radical (unpaired) electrons. The van der Waals surface area contributed by atoms with Crippen molar-refractivity contribution in [2.24, 2.45) is 7.05 Å². The van der Waals surface area contributed by atoms with Gasteiger partial charge in [-0.05, 0) is 12.5 Å². The molecule has 1 aromatic rings. The number of nitrogens with zero attached hydrogens (tertiary/aromatic N) is 1. The molecule has 0 amide bonds. The maximum absolute atomic E-state index is 12.1. The van der Waals surface area contributed by atoms with Crippen molar-refractivity contribution in [3.05, 3.63) is 30.1 Å². The summed E-state index contributed by atoms with van der Waals surface area (Å²) in [6.07, 6.45) is 22.1. The molecule has 0 spiro atoms. The van der Waals surface area contributed by atoms with Crippen LogP contribution in [0.25, 0.3) is 0 Å². The molecule has 24 heavy (non-hydrogen) atoms. The number of hydrogen-bond acceptors (Lipinski definition) is 1. The Bertz CT molecular complexity index is 441. The van der Waals surface area contributed by atoms with Crippen molar-refractivity contribution >= 4 is 5.78 Å². The molecular formula is C22H38NO+. The van der Waals surface area contributed by atoms with Gasteiger partial charge in [0, 0.05) is 12.5 Å². The van der Waals surface area contributed by atoms with E-state index in [0.717, 1.165) is 12.0 Å². The van der Waals surface area contributed by atoms with Gasteiger partial charge in [0.15, 0.2) is 18.2 Å². The molecule has 0 aromatic carbocycles. The van der Waals surface area contributed by atoms with E-state index in [2.05, 4.69) is 6.92 Å². The molecule has 0 fully saturated rings. The summed E-state index contributed by atoms with van der Waals surface area (Å²) < 4.78 is 1.94. The number of rotatable bonds is 15. The fraction of sp³-hybridized carbons (Fsp3) is 0.727. The molecule has 0 bridgehead atoms. The number of Topliss-reactive ketones (excluding diaryl/α,β-unsaturated/α-hetero) is 1. The fourth-order valence-electron chi connectivity index (χ4n) is 3.20. The van der Waals surface area contributed by atoms with E-state index in [1.807, 2.05) is 36.1 Å². The minimum atomic E-state index is 0.286. The Balaban J connectivity index is 1.88. The zero-order valence-corrected chi connectivity index (χ0v) is 16.1. The van der Waals surface area contributed by atoms with E-state index < -0.39 is 0 Å². The van der Waals surface area contributed by atoms with Gasteiger partial charge >= 0.3 is 0 Å². The molecule has 0 unspecified atom stereocenters. The van der Waals surface area contributed by atoms with Crippen molar-refractivity contribution in [3.8, 4) is 0 Å². The zero-order valence-electron chi connectivity index (χ0n) is 16.1. The third-order valence-electron chi connectivity index (χ3n) is 4.77. The summed E-state index contributed by atoms with van der Waals surface area (Å²) in [4.78, 5) is 12.1. The van der Waals surface area contributed by atoms with Crippen molar-refractivity contribution in [1.82, 2.24) is 0 Å². The van der Waals surface area contributed by atoms with Crippen molar-refractivity contribution < 1.29 is 9.36 Å². The molecular weight excluding hydrogens is 294 g/mol. The minimum absolute atomic E-state index is 0.286. The number of aromatic nitrogens is 1. The van der Waals surface area contributed by atoms with E-state index in [9.17, 15) is 4.79 Å². The van der Waals surface area contributed by atoms with Gasteiger partial charge in [-0.1, -0.05) is 84.0 Å². The van der Waals surface area contributed by atoms with Crippen molar-refractivity contribution in [2.45, 2.75) is 96.8 Å². The maximum Gasteiger partial charge on any atom is 0.179 e. The number of aryl methyl sites for hydroxylation is 1. The molecule has 0 N–H and O–H groups in total. The molecule has 0 saturated heterocycles. The van der Waals surface area contributed by atoms with Crippen molar-refractivity contribution in [3.63, 3.8) is 0 Å². The van der Waals surface area contributed by atoms with Crippen LogP contribution in [-0.4, -0.2) is 5.78 Å². The Morgan fingerprint density at radius 1 is 0.833 bits per heavy atom. The molecule has 1 rings (SSSR count). The van der Waals surface area contributed by atoms with Gasteiger partial charge in [-0.25, -0.2) is 4.57 Å². The van der Waals surface area contributed by atoms with Gasteiger partial charge in [0.25, 0.3) is 0 Å². The third kappa shape index (κ3) is 10.6. The Labute approximate surface area is 149 Å². The lowest BCUT2D eigenvalue weighted by Crippen LogP contribution is -2.27. The Morgan fingerprint density at radius 2 is 1.33 bits per heavy atom. The number of unbranched alkanes of at least 4 members (excludes halogenated alkanes) is 12. The van der Waals surface area contributed by atoms with Gasteiger partial charge in [0.05, 0.1) is 5.56 Å². The van der Waals surface area contributed by atoms with Crippen LogP contribution in [0.15, 0.2) is 24.5 Å². The van der Waals surface area contributed by atoms with Crippen molar-refractivity contribution in [1.29, 1.82) is 0 Å². The molecule has 0 aliphatic carbocycles. The lowest BCUT2D eigenvalue weighted by molar-refractivity contribution is -0.671. The number of ketones is 1. The molecule has 136 valence electrons. The van der Waals surface area contributed by atoms with Crippen molar-refractivity contribution in [2.75, 3.05) is 0 Å². The van der Waals surface area contributed by atoms with E-state index in [0.29, 0.717) is 6.42 Å². The molecule has 1 heterocycles. The van der Waals surface area contributed by atoms with Crippen LogP contribution in [0.3, 0.4) is 0 Å². The first-order chi connectivity index (χ1) is 11.7. The summed E-state index contributed by atoms with van der Waals surface area (Å²) in [6, 6.07) is 3.86. The zero-order chi connectivity index (χ0) is 17.5. The lowest BCUT2D eigenvalue weighted by Gasteiger charge is -2.03. The third-order valence-corrected chi connectivity index (χ3v) is 4.77. The summed E-state index contributed by atoms with van der Waals surface area (Å²) in [6.45, 7) is 2.28. The molecule has 1 aromatic heterocycles. The second kappa shape index (κ2) is 14.2. The van der Waals surface area contributed by atoms with Gasteiger partial charge in [0.1, 0.15) is 7.05 Å². The highest BCUT2D eigenvalue weighted by Crippen LogP contribution is 2.13. The fourth-order valence-corrected chi connectivity index (χ4v) is 3.20. The van der Waals surface area contributed by atoms with Crippen LogP contribution in [-0.2, 0) is 7.05 Å². The molecule has 2 nitrogen and oxygen atoms in total. The molecule has 2 heteroatoms. The van der Waals surface area contributed by atoms with Gasteiger partial charge in [-0.3, -0.25) is 4.79 Å². The highest BCUT2D eigenvalue weighted by atomic mass is 16.1. The van der Waals surface area contributed by atoms with Gasteiger partial charge in [-0.15, -0.1) is 0 Å². The molecule has 0 saturated carbocycles. The maximum atomic E-state index is 12.1. The van der Waals surface area contributed by atoms with Crippen LogP contribution >= 0.6 is 0 Å². The first-order valence-electron chi connectivity index (χ1n) is 10.2. The van der Waals surface area contributed by atoms with E-state index in [1.54, 1.807) is 0 Å². The van der Waals surface area contributed by atoms with Crippen LogP contribution in [0.4, 0.5) is 0 Å². The summed E-state index contributed by atoms with van der Waals surface area (Å²) in [5.74, 6) is 0.286. The van der Waals surface area contributed by atoms with E-state index in [4.69, 9.17) is 0 Å². The average molecular weight is 333 g/mol. The predicted octanol–water partition coefficient (Wildman–Crippen LogP) is 6.18. The largest absolute Gasteiger partial charge is 0.294 e. The van der Waals surface area contributed by atoms with Crippen LogP contribution in [0.2, 0.25) is 0 Å². The lowest BCUT2D eigenvalue weighted by atomic mass is 10.0. The van der Waals surface area contributed by atoms with E-state index in [-0.39, 0.29) is 5.78 Å². The first-order valence-corrected chi connectivity index (χ1v) is 10.2. The van der Waals surface area contributed by atoms with Crippen LogP contribution in [0, 0.1) is 0 Å². The summed E-state index contributed by atoms with van der Waals surface area (Å²) in [7, 11) is 1.96. The van der Waals surface area contributed by atoms with Crippen LogP contribution in [0.1, 0.15) is 107 Å². The van der Waals surface area contributed by atoms with Crippen LogP contribution in [0.5, 0.6) is 0 Å². The Hall–Kier alpha value is -1.18. The molecule has 0 aliphatic rings. The van der Waals surface area contributed by atoms with Crippen LogP contribution < -0.4 is 4.57 Å². The smallest absolute Gasteiger partial charge is 0.179 e. The highest BCUT2D eigenvalue weighted by Gasteiger charge is 2.08. The minimum Gasteiger partial charge on any atom is -0.294 e. The topological polar surface area (TPSA) is 20.9 Å². The van der Waals surface area contributed by atoms with Gasteiger partial charge in [0.2, 0.25) is 0 Å². The van der Waals surface area contributed by atoms with Gasteiger partial charge in [-0.2, -0.15) is 0 Å². The summed E-state index contributed by atoms with van der Waals surface area (Å²) >= 11 is 0. The SMILES string of the molecule is CCCCCCCCCCCCCCCC(=O)c1ccc[n+](C)c1. The number of pyridine rings is 1. The average Bonchev–Trinajstić information content (AvgIpc) is 2.59. The standard InChI is InChI=1S/C22H38NO/c1-3-4-5-6-7-8-9-10-11-12-13-14-15-18-22(24)21-17-16-19-23(2)20-21/h16-17,19-20H,3-15,18H2,1-2H3/q+1. The number of carbonyl (C=O) groups excluding carboxylic acids is 1. The summed E-state index contributed by atoms with van der Waals surface area (Å²) in [5, 5.41) is 0. The second-order valence-electron chi connectivity index (χ2n) is 7.17.